The first-order valence-corrected chi connectivity index (χ1v) is 12.4. The number of nitrogens with one attached hydrogen (secondary N) is 1. The molecule has 1 amide bonds. The molecule has 8 heteroatoms. The molecule has 0 aliphatic carbocycles. The Labute approximate surface area is 206 Å². The molecule has 3 aromatic rings. The summed E-state index contributed by atoms with van der Waals surface area (Å²) in [6.07, 6.45) is 5.36. The number of fused-ring (bicyclic) bond motifs is 1. The van der Waals surface area contributed by atoms with Crippen LogP contribution in [-0.2, 0) is 10.2 Å². The average molecular weight is 475 g/mol. The second-order valence-corrected chi connectivity index (χ2v) is 10.6. The van der Waals surface area contributed by atoms with Crippen LogP contribution < -0.4 is 10.2 Å². The number of nitrogens with zero attached hydrogens (tertiary/aromatic N) is 5. The van der Waals surface area contributed by atoms with Crippen LogP contribution in [0.3, 0.4) is 0 Å². The summed E-state index contributed by atoms with van der Waals surface area (Å²) in [5.41, 5.74) is 4.72. The van der Waals surface area contributed by atoms with Crippen molar-refractivity contribution < 1.29 is 9.59 Å². The third kappa shape index (κ3) is 4.20. The summed E-state index contributed by atoms with van der Waals surface area (Å²) in [5.74, 6) is 0.273. The molecule has 35 heavy (non-hydrogen) atoms. The number of anilines is 1. The van der Waals surface area contributed by atoms with E-state index in [1.54, 1.807) is 4.52 Å². The number of aryl methyl sites for hydroxylation is 1. The van der Waals surface area contributed by atoms with E-state index in [1.807, 2.05) is 17.9 Å². The quantitative estimate of drug-likeness (QED) is 0.629. The van der Waals surface area contributed by atoms with E-state index in [1.165, 1.54) is 5.56 Å². The summed E-state index contributed by atoms with van der Waals surface area (Å²) in [7, 11) is 0. The molecule has 0 radical (unpaired) electrons. The van der Waals surface area contributed by atoms with Crippen LogP contribution in [0.2, 0.25) is 0 Å². The summed E-state index contributed by atoms with van der Waals surface area (Å²) in [6, 6.07) is 13.0. The van der Waals surface area contributed by atoms with Crippen molar-refractivity contribution in [2.24, 2.45) is 5.41 Å². The fraction of sp³-hybridized carbons (Fsp3) is 0.481. The first-order valence-electron chi connectivity index (χ1n) is 12.4. The minimum absolute atomic E-state index is 0.0405. The maximum absolute atomic E-state index is 13.2. The Morgan fingerprint density at radius 2 is 1.89 bits per heavy atom. The lowest BCUT2D eigenvalue weighted by Crippen LogP contribution is -2.33. The molecule has 3 fully saturated rings. The minimum Gasteiger partial charge on any atom is -0.369 e. The molecule has 3 aliphatic rings. The van der Waals surface area contributed by atoms with Gasteiger partial charge in [0.25, 0.3) is 5.91 Å². The highest BCUT2D eigenvalue weighted by Gasteiger charge is 2.42. The fourth-order valence-corrected chi connectivity index (χ4v) is 6.05. The number of rotatable bonds is 3. The lowest BCUT2D eigenvalue weighted by Gasteiger charge is -2.26. The molecule has 3 aliphatic heterocycles. The normalized spacial score (nSPS) is 25.9. The number of hydrogen-bond acceptors (Lipinski definition) is 6. The van der Waals surface area contributed by atoms with Crippen LogP contribution in [0.25, 0.3) is 5.65 Å². The van der Waals surface area contributed by atoms with Gasteiger partial charge in [0.1, 0.15) is 6.79 Å². The molecular weight excluding hydrogens is 440 g/mol. The van der Waals surface area contributed by atoms with Crippen LogP contribution in [0.15, 0.2) is 42.6 Å². The number of carbonyl (C=O) groups is 2. The molecule has 184 valence electrons. The average Bonchev–Trinajstić information content (AvgIpc) is 3.68. The molecule has 0 bridgehead atoms. The molecule has 0 saturated carbocycles. The molecule has 1 N–H and O–H groups in total. The highest BCUT2D eigenvalue weighted by Crippen LogP contribution is 2.38. The van der Waals surface area contributed by atoms with Crippen LogP contribution in [0.4, 0.5) is 5.69 Å². The number of pyridine rings is 1. The predicted molar refractivity (Wildman–Crippen MR) is 136 cm³/mol. The first-order chi connectivity index (χ1) is 16.9. The monoisotopic (exact) mass is 474 g/mol. The van der Waals surface area contributed by atoms with E-state index in [-0.39, 0.29) is 16.7 Å². The van der Waals surface area contributed by atoms with E-state index >= 15 is 0 Å². The summed E-state index contributed by atoms with van der Waals surface area (Å²) in [4.78, 5) is 30.2. The molecule has 2 aromatic heterocycles. The van der Waals surface area contributed by atoms with E-state index < -0.39 is 0 Å². The van der Waals surface area contributed by atoms with E-state index in [9.17, 15) is 4.79 Å². The second-order valence-electron chi connectivity index (χ2n) is 10.6. The van der Waals surface area contributed by atoms with Gasteiger partial charge in [0.15, 0.2) is 5.65 Å². The molecule has 1 spiro atoms. The van der Waals surface area contributed by atoms with Crippen LogP contribution >= 0.6 is 0 Å². The van der Waals surface area contributed by atoms with Crippen molar-refractivity contribution in [1.82, 2.24) is 24.8 Å². The molecule has 8 nitrogen and oxygen atoms in total. The van der Waals surface area contributed by atoms with Crippen LogP contribution in [0.5, 0.6) is 0 Å². The van der Waals surface area contributed by atoms with E-state index in [0.717, 1.165) is 75.4 Å². The van der Waals surface area contributed by atoms with Gasteiger partial charge < -0.3 is 19.9 Å². The maximum Gasteiger partial charge on any atom is 0.293 e. The highest BCUT2D eigenvalue weighted by molar-refractivity contribution is 5.91. The number of aromatic nitrogens is 3. The third-order valence-electron chi connectivity index (χ3n) is 8.16. The van der Waals surface area contributed by atoms with Crippen molar-refractivity contribution >= 4 is 24.0 Å². The Morgan fingerprint density at radius 3 is 2.63 bits per heavy atom. The van der Waals surface area contributed by atoms with Gasteiger partial charge in [-0.3, -0.25) is 4.79 Å². The number of likely N-dealkylation sites (tertiary alicyclic amines) is 1. The Balaban J connectivity index is 0.00000124. The van der Waals surface area contributed by atoms with E-state index in [0.29, 0.717) is 5.82 Å². The van der Waals surface area contributed by atoms with Gasteiger partial charge in [-0.1, -0.05) is 37.3 Å². The third-order valence-corrected chi connectivity index (χ3v) is 8.16. The summed E-state index contributed by atoms with van der Waals surface area (Å²) in [6.45, 7) is 12.0. The first kappa shape index (κ1) is 23.5. The van der Waals surface area contributed by atoms with Gasteiger partial charge in [-0.25, -0.2) is 9.50 Å². The Hall–Kier alpha value is -3.26. The van der Waals surface area contributed by atoms with Crippen LogP contribution in [0, 0.1) is 12.3 Å². The minimum atomic E-state index is -0.0405. The number of hydrogen-bond donors (Lipinski definition) is 1. The summed E-state index contributed by atoms with van der Waals surface area (Å²) in [5, 5.41) is 8.09. The Kier molecular flexibility index (Phi) is 6.09. The van der Waals surface area contributed by atoms with Crippen molar-refractivity contribution in [3.8, 4) is 0 Å². The number of amides is 1. The highest BCUT2D eigenvalue weighted by atomic mass is 16.2. The summed E-state index contributed by atoms with van der Waals surface area (Å²) < 4.78 is 1.80. The second kappa shape index (κ2) is 9.07. The number of benzene rings is 1. The Bertz CT molecular complexity index is 1220. The molecule has 5 heterocycles. The smallest absolute Gasteiger partial charge is 0.293 e. The van der Waals surface area contributed by atoms with Crippen LogP contribution in [-0.4, -0.2) is 71.5 Å². The number of carbonyl (C=O) groups excluding carboxylic acids is 2. The molecule has 6 rings (SSSR count). The fourth-order valence-electron chi connectivity index (χ4n) is 6.05. The van der Waals surface area contributed by atoms with Crippen LogP contribution in [0.1, 0.15) is 47.9 Å². The van der Waals surface area contributed by atoms with E-state index in [4.69, 9.17) is 4.79 Å². The molecule has 1 aromatic carbocycles. The van der Waals surface area contributed by atoms with Gasteiger partial charge in [0.2, 0.25) is 5.82 Å². The zero-order valence-corrected chi connectivity index (χ0v) is 20.7. The zero-order valence-electron chi connectivity index (χ0n) is 20.7. The van der Waals surface area contributed by atoms with Gasteiger partial charge in [-0.05, 0) is 49.9 Å². The standard InChI is InChI=1S/C26H32N6O.CH2O/c1-19-14-21(30-12-9-25(2,17-30)20-6-4-3-5-7-20)15-32-23(19)28-22(29-32)24(33)31-13-10-26(18-31)8-11-27-16-26;1-2/h3-7,14-15,27H,8-13,16-18H2,1-2H3;1H2/t25-,26+;/m0./s1. The molecular formula is C27H34N6O2. The van der Waals surface area contributed by atoms with Gasteiger partial charge >= 0.3 is 0 Å². The van der Waals surface area contributed by atoms with Crippen molar-refractivity contribution in [3.05, 3.63) is 59.5 Å². The Morgan fingerprint density at radius 1 is 1.09 bits per heavy atom. The predicted octanol–water partition coefficient (Wildman–Crippen LogP) is 2.85. The van der Waals surface area contributed by atoms with Gasteiger partial charge in [0.05, 0.1) is 11.9 Å². The summed E-state index contributed by atoms with van der Waals surface area (Å²) >= 11 is 0. The molecule has 2 atom stereocenters. The maximum atomic E-state index is 13.2. The van der Waals surface area contributed by atoms with Gasteiger partial charge in [-0.15, -0.1) is 5.10 Å². The molecule has 0 unspecified atom stereocenters. The van der Waals surface area contributed by atoms with Gasteiger partial charge in [-0.2, -0.15) is 0 Å². The zero-order chi connectivity index (χ0) is 24.6. The topological polar surface area (TPSA) is 82.8 Å². The van der Waals surface area contributed by atoms with Crippen molar-refractivity contribution in [3.63, 3.8) is 0 Å². The lowest BCUT2D eigenvalue weighted by molar-refractivity contribution is -0.0980. The largest absolute Gasteiger partial charge is 0.369 e. The van der Waals surface area contributed by atoms with E-state index in [2.05, 4.69) is 70.5 Å². The van der Waals surface area contributed by atoms with Crippen molar-refractivity contribution in [2.75, 3.05) is 44.2 Å². The van der Waals surface area contributed by atoms with Crippen molar-refractivity contribution in [1.29, 1.82) is 0 Å². The van der Waals surface area contributed by atoms with Crippen molar-refractivity contribution in [2.45, 2.75) is 38.5 Å². The SMILES string of the molecule is C=O.Cc1cc(N2CC[C@](C)(c3ccccc3)C2)cn2nc(C(=O)N3CC[C@@]4(CCNC4)C3)nc12. The molecule has 3 saturated heterocycles. The van der Waals surface area contributed by atoms with Gasteiger partial charge in [0, 0.05) is 43.6 Å². The lowest BCUT2D eigenvalue weighted by atomic mass is 9.82.